The highest BCUT2D eigenvalue weighted by molar-refractivity contribution is 5.94. The Morgan fingerprint density at radius 1 is 1.22 bits per heavy atom. The van der Waals surface area contributed by atoms with Crippen molar-refractivity contribution in [2.24, 2.45) is 5.73 Å². The van der Waals surface area contributed by atoms with Gasteiger partial charge in [0, 0.05) is 36.2 Å². The molecule has 0 atom stereocenters. The van der Waals surface area contributed by atoms with Gasteiger partial charge < -0.3 is 15.2 Å². The first-order valence-electron chi connectivity index (χ1n) is 7.97. The molecule has 0 saturated carbocycles. The minimum atomic E-state index is -0.439. The van der Waals surface area contributed by atoms with E-state index in [0.29, 0.717) is 30.9 Å². The Morgan fingerprint density at radius 3 is 2.87 bits per heavy atom. The highest BCUT2D eigenvalue weighted by Gasteiger charge is 2.28. The number of fused-ring (bicyclic) bond motifs is 2. The molecule has 2 aromatic rings. The molecule has 1 aliphatic carbocycles. The van der Waals surface area contributed by atoms with Crippen LogP contribution in [0.25, 0.3) is 0 Å². The molecule has 1 aliphatic heterocycles. The maximum Gasteiger partial charge on any atom is 0.275 e. The molecule has 7 heteroatoms. The monoisotopic (exact) mass is 313 g/mol. The first kappa shape index (κ1) is 14.0. The summed E-state index contributed by atoms with van der Waals surface area (Å²) in [5.41, 5.74) is 9.51. The number of amides is 2. The first-order valence-corrected chi connectivity index (χ1v) is 7.97. The Kier molecular flexibility index (Phi) is 3.21. The lowest BCUT2D eigenvalue weighted by molar-refractivity contribution is 0.0703. The van der Waals surface area contributed by atoms with E-state index in [1.54, 1.807) is 17.2 Å². The Labute approximate surface area is 133 Å². The Balaban J connectivity index is 1.58. The lowest BCUT2D eigenvalue weighted by Gasteiger charge is -2.28. The zero-order chi connectivity index (χ0) is 16.0. The average molecular weight is 313 g/mol. The van der Waals surface area contributed by atoms with E-state index in [0.717, 1.165) is 42.6 Å². The van der Waals surface area contributed by atoms with E-state index in [-0.39, 0.29) is 5.91 Å². The standard InChI is InChI=1S/C16H19N5O2/c17-15(22)10-7-11-9-21(6-5-20(11)8-10)16(23)14-12-3-1-2-4-13(12)18-19-14/h7-8H,1-6,9H2,(H2,17,22)(H,18,19). The van der Waals surface area contributed by atoms with E-state index in [2.05, 4.69) is 10.2 Å². The number of primary amides is 1. The maximum absolute atomic E-state index is 12.8. The minimum Gasteiger partial charge on any atom is -0.366 e. The van der Waals surface area contributed by atoms with Gasteiger partial charge in [-0.1, -0.05) is 0 Å². The van der Waals surface area contributed by atoms with Crippen molar-refractivity contribution in [3.8, 4) is 0 Å². The summed E-state index contributed by atoms with van der Waals surface area (Å²) in [7, 11) is 0. The summed E-state index contributed by atoms with van der Waals surface area (Å²) in [6.45, 7) is 1.76. The number of aromatic amines is 1. The number of aryl methyl sites for hydroxylation is 1. The van der Waals surface area contributed by atoms with Gasteiger partial charge in [-0.25, -0.2) is 0 Å². The number of rotatable bonds is 2. The Morgan fingerprint density at radius 2 is 2.04 bits per heavy atom. The van der Waals surface area contributed by atoms with Gasteiger partial charge in [-0.3, -0.25) is 14.7 Å². The number of carbonyl (C=O) groups excluding carboxylic acids is 2. The summed E-state index contributed by atoms with van der Waals surface area (Å²) < 4.78 is 1.99. The van der Waals surface area contributed by atoms with Crippen molar-refractivity contribution in [1.29, 1.82) is 0 Å². The Hall–Kier alpha value is -2.57. The van der Waals surface area contributed by atoms with E-state index in [1.165, 1.54) is 0 Å². The van der Waals surface area contributed by atoms with Crippen LogP contribution < -0.4 is 5.73 Å². The summed E-state index contributed by atoms with van der Waals surface area (Å²) >= 11 is 0. The molecule has 0 fully saturated rings. The van der Waals surface area contributed by atoms with Gasteiger partial charge in [-0.15, -0.1) is 0 Å². The topological polar surface area (TPSA) is 97.0 Å². The summed E-state index contributed by atoms with van der Waals surface area (Å²) in [5, 5.41) is 7.29. The third kappa shape index (κ3) is 2.32. The van der Waals surface area contributed by atoms with Crippen LogP contribution in [0, 0.1) is 0 Å². The average Bonchev–Trinajstić information content (AvgIpc) is 3.17. The Bertz CT molecular complexity index is 788. The van der Waals surface area contributed by atoms with E-state index < -0.39 is 5.91 Å². The van der Waals surface area contributed by atoms with Crippen molar-refractivity contribution in [3.05, 3.63) is 40.5 Å². The van der Waals surface area contributed by atoms with Gasteiger partial charge in [0.15, 0.2) is 5.69 Å². The minimum absolute atomic E-state index is 0.0301. The van der Waals surface area contributed by atoms with Crippen molar-refractivity contribution >= 4 is 11.8 Å². The molecule has 23 heavy (non-hydrogen) atoms. The smallest absolute Gasteiger partial charge is 0.275 e. The number of nitrogens with one attached hydrogen (secondary N) is 1. The first-order chi connectivity index (χ1) is 11.1. The van der Waals surface area contributed by atoms with E-state index in [9.17, 15) is 9.59 Å². The highest BCUT2D eigenvalue weighted by atomic mass is 16.2. The molecule has 0 spiro atoms. The summed E-state index contributed by atoms with van der Waals surface area (Å²) in [6.07, 6.45) is 5.91. The predicted molar refractivity (Wildman–Crippen MR) is 82.9 cm³/mol. The zero-order valence-electron chi connectivity index (χ0n) is 12.8. The van der Waals surface area contributed by atoms with Gasteiger partial charge in [0.2, 0.25) is 5.91 Å². The molecule has 3 N–H and O–H groups in total. The molecule has 4 rings (SSSR count). The van der Waals surface area contributed by atoms with Crippen molar-refractivity contribution in [3.63, 3.8) is 0 Å². The number of nitrogens with two attached hydrogens (primary N) is 1. The van der Waals surface area contributed by atoms with Crippen LogP contribution >= 0.6 is 0 Å². The largest absolute Gasteiger partial charge is 0.366 e. The second kappa shape index (κ2) is 5.26. The predicted octanol–water partition coefficient (Wildman–Crippen LogP) is 0.845. The molecular formula is C16H19N5O2. The number of H-pyrrole nitrogens is 1. The van der Waals surface area contributed by atoms with Gasteiger partial charge in [-0.05, 0) is 31.7 Å². The molecule has 120 valence electrons. The van der Waals surface area contributed by atoms with Gasteiger partial charge in [0.05, 0.1) is 12.1 Å². The van der Waals surface area contributed by atoms with Crippen LogP contribution in [0.5, 0.6) is 0 Å². The second-order valence-corrected chi connectivity index (χ2v) is 6.24. The van der Waals surface area contributed by atoms with Crippen molar-refractivity contribution < 1.29 is 9.59 Å². The molecule has 3 heterocycles. The number of hydrogen-bond acceptors (Lipinski definition) is 3. The fourth-order valence-corrected chi connectivity index (χ4v) is 3.51. The highest BCUT2D eigenvalue weighted by Crippen LogP contribution is 2.24. The lowest BCUT2D eigenvalue weighted by Crippen LogP contribution is -2.38. The molecule has 0 aromatic carbocycles. The number of carbonyl (C=O) groups is 2. The zero-order valence-corrected chi connectivity index (χ0v) is 12.8. The molecule has 0 bridgehead atoms. The lowest BCUT2D eigenvalue weighted by atomic mass is 9.95. The van der Waals surface area contributed by atoms with Crippen LogP contribution in [0.15, 0.2) is 12.3 Å². The van der Waals surface area contributed by atoms with Crippen LogP contribution in [0.2, 0.25) is 0 Å². The summed E-state index contributed by atoms with van der Waals surface area (Å²) in [5.74, 6) is -0.469. The fourth-order valence-electron chi connectivity index (χ4n) is 3.51. The summed E-state index contributed by atoms with van der Waals surface area (Å²) in [6, 6.07) is 1.77. The van der Waals surface area contributed by atoms with Gasteiger partial charge >= 0.3 is 0 Å². The van der Waals surface area contributed by atoms with Crippen LogP contribution in [0.1, 0.15) is 50.6 Å². The maximum atomic E-state index is 12.8. The fraction of sp³-hybridized carbons (Fsp3) is 0.438. The van der Waals surface area contributed by atoms with Gasteiger partial charge in [0.1, 0.15) is 0 Å². The molecule has 2 aliphatic rings. The molecule has 0 unspecified atom stereocenters. The van der Waals surface area contributed by atoms with E-state index >= 15 is 0 Å². The van der Waals surface area contributed by atoms with Crippen LogP contribution in [0.3, 0.4) is 0 Å². The third-order valence-electron chi connectivity index (χ3n) is 4.78. The summed E-state index contributed by atoms with van der Waals surface area (Å²) in [4.78, 5) is 25.9. The number of hydrogen-bond donors (Lipinski definition) is 2. The SMILES string of the molecule is NC(=O)c1cc2n(c1)CCN(C(=O)c1n[nH]c3c1CCCC3)C2. The molecule has 7 nitrogen and oxygen atoms in total. The normalized spacial score (nSPS) is 16.8. The quantitative estimate of drug-likeness (QED) is 0.860. The van der Waals surface area contributed by atoms with Crippen LogP contribution in [0.4, 0.5) is 0 Å². The number of nitrogens with zero attached hydrogens (tertiary/aromatic N) is 3. The van der Waals surface area contributed by atoms with Gasteiger partial charge in [0.25, 0.3) is 5.91 Å². The molecular weight excluding hydrogens is 294 g/mol. The molecule has 2 aromatic heterocycles. The van der Waals surface area contributed by atoms with Crippen molar-refractivity contribution in [2.45, 2.75) is 38.8 Å². The van der Waals surface area contributed by atoms with Crippen molar-refractivity contribution in [1.82, 2.24) is 19.7 Å². The van der Waals surface area contributed by atoms with E-state index in [1.807, 2.05) is 4.57 Å². The second-order valence-electron chi connectivity index (χ2n) is 6.24. The molecule has 0 saturated heterocycles. The van der Waals surface area contributed by atoms with E-state index in [4.69, 9.17) is 5.73 Å². The van der Waals surface area contributed by atoms with Crippen LogP contribution in [-0.2, 0) is 25.9 Å². The van der Waals surface area contributed by atoms with Crippen molar-refractivity contribution in [2.75, 3.05) is 6.54 Å². The molecule has 2 amide bonds. The van der Waals surface area contributed by atoms with Gasteiger partial charge in [-0.2, -0.15) is 5.10 Å². The molecule has 0 radical (unpaired) electrons. The third-order valence-corrected chi connectivity index (χ3v) is 4.78. The van der Waals surface area contributed by atoms with Crippen LogP contribution in [-0.4, -0.2) is 38.0 Å². The number of aromatic nitrogens is 3.